The van der Waals surface area contributed by atoms with Gasteiger partial charge in [-0.25, -0.2) is 4.79 Å². The lowest BCUT2D eigenvalue weighted by atomic mass is 9.96. The predicted octanol–water partition coefficient (Wildman–Crippen LogP) is 0.316. The van der Waals surface area contributed by atoms with Crippen molar-refractivity contribution in [1.82, 2.24) is 9.80 Å². The number of rotatable bonds is 1. The van der Waals surface area contributed by atoms with Gasteiger partial charge in [0.2, 0.25) is 0 Å². The van der Waals surface area contributed by atoms with Crippen molar-refractivity contribution in [1.29, 1.82) is 5.41 Å². The van der Waals surface area contributed by atoms with Crippen molar-refractivity contribution < 1.29 is 4.79 Å². The zero-order chi connectivity index (χ0) is 10.7. The molecule has 14 heavy (non-hydrogen) atoms. The minimum atomic E-state index is 0.0482. The number of amides is 2. The minimum Gasteiger partial charge on any atom is -0.387 e. The van der Waals surface area contributed by atoms with Gasteiger partial charge in [0.05, 0.1) is 5.84 Å². The summed E-state index contributed by atoms with van der Waals surface area (Å²) in [7, 11) is 3.50. The molecule has 0 saturated carbocycles. The van der Waals surface area contributed by atoms with Crippen LogP contribution in [0.15, 0.2) is 0 Å². The maximum absolute atomic E-state index is 11.5. The van der Waals surface area contributed by atoms with Crippen LogP contribution in [-0.2, 0) is 0 Å². The predicted molar refractivity (Wildman–Crippen MR) is 55.3 cm³/mol. The lowest BCUT2D eigenvalue weighted by Gasteiger charge is -2.33. The van der Waals surface area contributed by atoms with E-state index in [0.717, 1.165) is 12.8 Å². The molecule has 1 heterocycles. The Kier molecular flexibility index (Phi) is 3.33. The summed E-state index contributed by atoms with van der Waals surface area (Å²) in [5.74, 6) is 0.420. The standard InChI is InChI=1S/C9H18N4O/c1-12(2)9(14)13-5-3-7(4-6-13)8(10)11/h7H,3-6H2,1-2H3,(H3,10,11). The molecule has 0 unspecified atom stereocenters. The minimum absolute atomic E-state index is 0.0482. The molecule has 5 heteroatoms. The molecule has 0 atom stereocenters. The largest absolute Gasteiger partial charge is 0.387 e. The number of hydrogen-bond acceptors (Lipinski definition) is 2. The van der Waals surface area contributed by atoms with Gasteiger partial charge in [-0.3, -0.25) is 5.41 Å². The third-order valence-electron chi connectivity index (χ3n) is 2.59. The van der Waals surface area contributed by atoms with Crippen molar-refractivity contribution in [2.45, 2.75) is 12.8 Å². The van der Waals surface area contributed by atoms with E-state index in [9.17, 15) is 4.79 Å². The number of piperidine rings is 1. The topological polar surface area (TPSA) is 73.4 Å². The molecule has 0 aromatic rings. The SMILES string of the molecule is CN(C)C(=O)N1CCC(C(=N)N)CC1. The van der Waals surface area contributed by atoms with Crippen molar-refractivity contribution in [2.24, 2.45) is 11.7 Å². The highest BCUT2D eigenvalue weighted by Crippen LogP contribution is 2.17. The zero-order valence-corrected chi connectivity index (χ0v) is 8.79. The fraction of sp³-hybridized carbons (Fsp3) is 0.778. The molecule has 1 fully saturated rings. The van der Waals surface area contributed by atoms with Gasteiger partial charge in [0.15, 0.2) is 0 Å². The van der Waals surface area contributed by atoms with Crippen LogP contribution in [-0.4, -0.2) is 48.9 Å². The van der Waals surface area contributed by atoms with Crippen molar-refractivity contribution in [3.63, 3.8) is 0 Å². The number of nitrogens with one attached hydrogen (secondary N) is 1. The van der Waals surface area contributed by atoms with E-state index in [-0.39, 0.29) is 17.8 Å². The second-order valence-corrected chi connectivity index (χ2v) is 3.89. The molecule has 1 aliphatic heterocycles. The summed E-state index contributed by atoms with van der Waals surface area (Å²) < 4.78 is 0. The van der Waals surface area contributed by atoms with Gasteiger partial charge in [-0.1, -0.05) is 0 Å². The van der Waals surface area contributed by atoms with Gasteiger partial charge < -0.3 is 15.5 Å². The molecule has 1 saturated heterocycles. The third kappa shape index (κ3) is 2.37. The Morgan fingerprint density at radius 2 is 1.93 bits per heavy atom. The van der Waals surface area contributed by atoms with Crippen LogP contribution in [0.5, 0.6) is 0 Å². The van der Waals surface area contributed by atoms with E-state index in [4.69, 9.17) is 11.1 Å². The van der Waals surface area contributed by atoms with E-state index in [1.54, 1.807) is 23.9 Å². The van der Waals surface area contributed by atoms with Gasteiger partial charge in [-0.05, 0) is 12.8 Å². The van der Waals surface area contributed by atoms with Crippen molar-refractivity contribution >= 4 is 11.9 Å². The molecule has 0 bridgehead atoms. The third-order valence-corrected chi connectivity index (χ3v) is 2.59. The monoisotopic (exact) mass is 198 g/mol. The van der Waals surface area contributed by atoms with Gasteiger partial charge >= 0.3 is 6.03 Å². The van der Waals surface area contributed by atoms with Gasteiger partial charge in [0, 0.05) is 33.1 Å². The normalized spacial score (nSPS) is 18.0. The van der Waals surface area contributed by atoms with E-state index in [0.29, 0.717) is 13.1 Å². The first kappa shape index (κ1) is 10.8. The lowest BCUT2D eigenvalue weighted by Crippen LogP contribution is -2.45. The van der Waals surface area contributed by atoms with E-state index < -0.39 is 0 Å². The number of carbonyl (C=O) groups is 1. The maximum Gasteiger partial charge on any atom is 0.319 e. The van der Waals surface area contributed by atoms with E-state index in [2.05, 4.69) is 0 Å². The summed E-state index contributed by atoms with van der Waals surface area (Å²) in [5.41, 5.74) is 5.42. The Morgan fingerprint density at radius 3 is 2.29 bits per heavy atom. The number of urea groups is 1. The molecule has 0 aliphatic carbocycles. The Morgan fingerprint density at radius 1 is 1.43 bits per heavy atom. The van der Waals surface area contributed by atoms with E-state index >= 15 is 0 Å². The second-order valence-electron chi connectivity index (χ2n) is 3.89. The van der Waals surface area contributed by atoms with Crippen LogP contribution >= 0.6 is 0 Å². The molecular weight excluding hydrogens is 180 g/mol. The van der Waals surface area contributed by atoms with Crippen LogP contribution in [0.1, 0.15) is 12.8 Å². The van der Waals surface area contributed by atoms with Gasteiger partial charge in [0.1, 0.15) is 0 Å². The Hall–Kier alpha value is -1.26. The summed E-state index contributed by atoms with van der Waals surface area (Å²) in [5, 5.41) is 7.31. The fourth-order valence-corrected chi connectivity index (χ4v) is 1.66. The number of nitrogens with zero attached hydrogens (tertiary/aromatic N) is 2. The van der Waals surface area contributed by atoms with Crippen molar-refractivity contribution in [2.75, 3.05) is 27.2 Å². The van der Waals surface area contributed by atoms with E-state index in [1.165, 1.54) is 0 Å². The number of amidine groups is 1. The molecule has 3 N–H and O–H groups in total. The lowest BCUT2D eigenvalue weighted by molar-refractivity contribution is 0.155. The Bertz CT molecular complexity index is 231. The average Bonchev–Trinajstić information content (AvgIpc) is 2.16. The summed E-state index contributed by atoms with van der Waals surface area (Å²) >= 11 is 0. The second kappa shape index (κ2) is 4.30. The van der Waals surface area contributed by atoms with Crippen LogP contribution in [0.4, 0.5) is 4.79 Å². The van der Waals surface area contributed by atoms with Gasteiger partial charge in [-0.2, -0.15) is 0 Å². The first-order valence-electron chi connectivity index (χ1n) is 4.82. The smallest absolute Gasteiger partial charge is 0.319 e. The Labute approximate surface area is 84.4 Å². The van der Waals surface area contributed by atoms with Gasteiger partial charge in [-0.15, -0.1) is 0 Å². The molecule has 1 aliphatic rings. The quantitative estimate of drug-likeness (QED) is 0.470. The molecule has 80 valence electrons. The molecule has 5 nitrogen and oxygen atoms in total. The molecule has 0 radical (unpaired) electrons. The van der Waals surface area contributed by atoms with Crippen LogP contribution in [0.3, 0.4) is 0 Å². The van der Waals surface area contributed by atoms with Crippen LogP contribution in [0.2, 0.25) is 0 Å². The highest BCUT2D eigenvalue weighted by molar-refractivity contribution is 5.80. The molecule has 1 rings (SSSR count). The van der Waals surface area contributed by atoms with Crippen LogP contribution < -0.4 is 5.73 Å². The number of nitrogens with two attached hydrogens (primary N) is 1. The molecule has 0 spiro atoms. The Balaban J connectivity index is 2.43. The first-order valence-corrected chi connectivity index (χ1v) is 4.82. The van der Waals surface area contributed by atoms with Crippen LogP contribution in [0.25, 0.3) is 0 Å². The molecular formula is C9H18N4O. The van der Waals surface area contributed by atoms with Gasteiger partial charge in [0.25, 0.3) is 0 Å². The summed E-state index contributed by atoms with van der Waals surface area (Å²) in [6.45, 7) is 1.42. The van der Waals surface area contributed by atoms with Crippen molar-refractivity contribution in [3.05, 3.63) is 0 Å². The number of likely N-dealkylation sites (tertiary alicyclic amines) is 1. The number of carbonyl (C=O) groups excluding carboxylic acids is 1. The first-order chi connectivity index (χ1) is 6.52. The molecule has 0 aromatic heterocycles. The average molecular weight is 198 g/mol. The molecule has 0 aromatic carbocycles. The summed E-state index contributed by atoms with van der Waals surface area (Å²) in [4.78, 5) is 14.9. The highest BCUT2D eigenvalue weighted by Gasteiger charge is 2.24. The maximum atomic E-state index is 11.5. The summed E-state index contributed by atoms with van der Waals surface area (Å²) in [6, 6.07) is 0.0482. The molecule has 2 amide bonds. The van der Waals surface area contributed by atoms with E-state index in [1.807, 2.05) is 0 Å². The van der Waals surface area contributed by atoms with Crippen LogP contribution in [0, 0.1) is 11.3 Å². The zero-order valence-electron chi connectivity index (χ0n) is 8.79. The number of hydrogen-bond donors (Lipinski definition) is 2. The summed E-state index contributed by atoms with van der Waals surface area (Å²) in [6.07, 6.45) is 1.63. The highest BCUT2D eigenvalue weighted by atomic mass is 16.2. The fourth-order valence-electron chi connectivity index (χ4n) is 1.66. The van der Waals surface area contributed by atoms with Crippen molar-refractivity contribution in [3.8, 4) is 0 Å².